The molecule has 0 saturated heterocycles. The number of aliphatic hydroxyl groups excluding tert-OH is 1. The maximum absolute atomic E-state index is 12.1. The van der Waals surface area contributed by atoms with Crippen LogP contribution < -0.4 is 5.32 Å². The number of aromatic nitrogens is 1. The predicted octanol–water partition coefficient (Wildman–Crippen LogP) is 1.27. The molecule has 1 aromatic carbocycles. The van der Waals surface area contributed by atoms with Gasteiger partial charge < -0.3 is 15.4 Å². The van der Waals surface area contributed by atoms with Crippen molar-refractivity contribution >= 4 is 5.91 Å². The second-order valence-electron chi connectivity index (χ2n) is 4.84. The van der Waals surface area contributed by atoms with Gasteiger partial charge in [0.15, 0.2) is 0 Å². The van der Waals surface area contributed by atoms with Gasteiger partial charge in [-0.15, -0.1) is 0 Å². The third-order valence-corrected chi connectivity index (χ3v) is 3.56. The first-order chi connectivity index (χ1) is 9.69. The largest absolute Gasteiger partial charge is 0.390 e. The molecule has 1 amide bonds. The van der Waals surface area contributed by atoms with Crippen molar-refractivity contribution in [3.05, 3.63) is 58.9 Å². The van der Waals surface area contributed by atoms with Crippen LogP contribution in [0.15, 0.2) is 36.5 Å². The van der Waals surface area contributed by atoms with Crippen LogP contribution in [0.5, 0.6) is 0 Å². The van der Waals surface area contributed by atoms with Crippen molar-refractivity contribution in [2.75, 3.05) is 0 Å². The smallest absolute Gasteiger partial charge is 0.253 e. The highest BCUT2D eigenvalue weighted by Gasteiger charge is 2.32. The lowest BCUT2D eigenvalue weighted by Gasteiger charge is -2.17. The van der Waals surface area contributed by atoms with Crippen molar-refractivity contribution < 1.29 is 9.90 Å². The van der Waals surface area contributed by atoms with Gasteiger partial charge in [0.25, 0.3) is 5.91 Å². The maximum Gasteiger partial charge on any atom is 0.253 e. The third kappa shape index (κ3) is 2.06. The van der Waals surface area contributed by atoms with Crippen LogP contribution in [0.1, 0.15) is 33.2 Å². The molecule has 0 radical (unpaired) electrons. The minimum Gasteiger partial charge on any atom is -0.390 e. The number of amides is 1. The normalized spacial score (nSPS) is 20.2. The van der Waals surface area contributed by atoms with E-state index in [1.165, 1.54) is 12.3 Å². The molecule has 5 nitrogen and oxygen atoms in total. The first-order valence-corrected chi connectivity index (χ1v) is 6.34. The Morgan fingerprint density at radius 2 is 2.25 bits per heavy atom. The Kier molecular flexibility index (Phi) is 3.01. The zero-order valence-corrected chi connectivity index (χ0v) is 10.6. The van der Waals surface area contributed by atoms with Crippen molar-refractivity contribution in [2.24, 2.45) is 0 Å². The van der Waals surface area contributed by atoms with E-state index in [0.29, 0.717) is 17.7 Å². The Hall–Kier alpha value is -2.58. The van der Waals surface area contributed by atoms with Crippen molar-refractivity contribution in [2.45, 2.75) is 18.6 Å². The van der Waals surface area contributed by atoms with Gasteiger partial charge in [-0.25, -0.2) is 0 Å². The molecule has 0 fully saturated rings. The van der Waals surface area contributed by atoms with Crippen LogP contribution >= 0.6 is 0 Å². The number of hydrogen-bond acceptors (Lipinski definition) is 3. The lowest BCUT2D eigenvalue weighted by Crippen LogP contribution is -2.33. The summed E-state index contributed by atoms with van der Waals surface area (Å²) in [6.07, 6.45) is 1.41. The Labute approximate surface area is 115 Å². The Morgan fingerprint density at radius 1 is 1.45 bits per heavy atom. The average molecular weight is 267 g/mol. The van der Waals surface area contributed by atoms with Crippen molar-refractivity contribution in [1.29, 1.82) is 5.26 Å². The van der Waals surface area contributed by atoms with Gasteiger partial charge in [-0.2, -0.15) is 5.26 Å². The fourth-order valence-corrected chi connectivity index (χ4v) is 2.56. The van der Waals surface area contributed by atoms with E-state index in [1.54, 1.807) is 0 Å². The molecule has 1 aromatic heterocycles. The number of aliphatic hydroxyl groups is 1. The number of benzene rings is 1. The SMILES string of the molecule is N#Cc1cc(C(=O)NC2c3ccccc3CC2O)c[nH]1. The second-order valence-corrected chi connectivity index (χ2v) is 4.84. The summed E-state index contributed by atoms with van der Waals surface area (Å²) in [5.74, 6) is -0.302. The molecular weight excluding hydrogens is 254 g/mol. The van der Waals surface area contributed by atoms with Gasteiger partial charge in [-0.05, 0) is 17.2 Å². The molecule has 5 heteroatoms. The number of nitrogens with zero attached hydrogens (tertiary/aromatic N) is 1. The van der Waals surface area contributed by atoms with Crippen LogP contribution in [0, 0.1) is 11.3 Å². The standard InChI is InChI=1S/C15H13N3O2/c16-7-11-5-10(8-17-11)15(20)18-14-12-4-2-1-3-9(12)6-13(14)19/h1-5,8,13-14,17,19H,6H2,(H,18,20). The summed E-state index contributed by atoms with van der Waals surface area (Å²) in [6.45, 7) is 0. The molecule has 100 valence electrons. The first kappa shape index (κ1) is 12.5. The monoisotopic (exact) mass is 267 g/mol. The van der Waals surface area contributed by atoms with Gasteiger partial charge in [-0.1, -0.05) is 24.3 Å². The summed E-state index contributed by atoms with van der Waals surface area (Å²) in [4.78, 5) is 14.8. The molecule has 1 heterocycles. The maximum atomic E-state index is 12.1. The summed E-state index contributed by atoms with van der Waals surface area (Å²) in [7, 11) is 0. The molecule has 3 N–H and O–H groups in total. The van der Waals surface area contributed by atoms with Gasteiger partial charge >= 0.3 is 0 Å². The van der Waals surface area contributed by atoms with Crippen molar-refractivity contribution in [3.8, 4) is 6.07 Å². The third-order valence-electron chi connectivity index (χ3n) is 3.56. The van der Waals surface area contributed by atoms with Gasteiger partial charge in [0.1, 0.15) is 11.8 Å². The fourth-order valence-electron chi connectivity index (χ4n) is 2.56. The van der Waals surface area contributed by atoms with Crippen LogP contribution in [-0.4, -0.2) is 22.1 Å². The predicted molar refractivity (Wildman–Crippen MR) is 71.9 cm³/mol. The minimum absolute atomic E-state index is 0.302. The van der Waals surface area contributed by atoms with Crippen LogP contribution in [0.4, 0.5) is 0 Å². The fraction of sp³-hybridized carbons (Fsp3) is 0.200. The molecule has 0 aliphatic heterocycles. The summed E-state index contributed by atoms with van der Waals surface area (Å²) in [6, 6.07) is 10.7. The first-order valence-electron chi connectivity index (χ1n) is 6.34. The number of aromatic amines is 1. The highest BCUT2D eigenvalue weighted by atomic mass is 16.3. The number of nitriles is 1. The Bertz CT molecular complexity index is 699. The summed E-state index contributed by atoms with van der Waals surface area (Å²) in [5, 5.41) is 21.6. The van der Waals surface area contributed by atoms with E-state index in [2.05, 4.69) is 10.3 Å². The lowest BCUT2D eigenvalue weighted by atomic mass is 10.1. The molecule has 1 aliphatic rings. The number of carbonyl (C=O) groups is 1. The summed E-state index contributed by atoms with van der Waals surface area (Å²) < 4.78 is 0. The molecule has 0 saturated carbocycles. The number of hydrogen-bond donors (Lipinski definition) is 3. The molecule has 3 rings (SSSR count). The zero-order chi connectivity index (χ0) is 14.1. The minimum atomic E-state index is -0.620. The molecule has 2 unspecified atom stereocenters. The second kappa shape index (κ2) is 4.83. The number of fused-ring (bicyclic) bond motifs is 1. The molecular formula is C15H13N3O2. The van der Waals surface area contributed by atoms with Crippen molar-refractivity contribution in [3.63, 3.8) is 0 Å². The quantitative estimate of drug-likeness (QED) is 0.765. The lowest BCUT2D eigenvalue weighted by molar-refractivity contribution is 0.0858. The Morgan fingerprint density at radius 3 is 3.00 bits per heavy atom. The molecule has 0 bridgehead atoms. The highest BCUT2D eigenvalue weighted by molar-refractivity contribution is 5.94. The van der Waals surface area contributed by atoms with Crippen molar-refractivity contribution in [1.82, 2.24) is 10.3 Å². The van der Waals surface area contributed by atoms with E-state index >= 15 is 0 Å². The molecule has 1 aliphatic carbocycles. The molecule has 2 atom stereocenters. The number of rotatable bonds is 2. The van der Waals surface area contributed by atoms with E-state index in [0.717, 1.165) is 11.1 Å². The topological polar surface area (TPSA) is 88.9 Å². The van der Waals surface area contributed by atoms with E-state index in [9.17, 15) is 9.90 Å². The molecule has 20 heavy (non-hydrogen) atoms. The molecule has 0 spiro atoms. The zero-order valence-electron chi connectivity index (χ0n) is 10.6. The number of carbonyl (C=O) groups excluding carboxylic acids is 1. The Balaban J connectivity index is 1.81. The van der Waals surface area contributed by atoms with E-state index in [1.807, 2.05) is 30.3 Å². The van der Waals surface area contributed by atoms with Gasteiger partial charge in [0, 0.05) is 12.6 Å². The average Bonchev–Trinajstić information content (AvgIpc) is 3.04. The van der Waals surface area contributed by atoms with Gasteiger partial charge in [0.2, 0.25) is 0 Å². The van der Waals surface area contributed by atoms with E-state index in [4.69, 9.17) is 5.26 Å². The molecule has 2 aromatic rings. The van der Waals surface area contributed by atoms with Gasteiger partial charge in [-0.3, -0.25) is 4.79 Å². The van der Waals surface area contributed by atoms with Crippen LogP contribution in [0.3, 0.4) is 0 Å². The number of H-pyrrole nitrogens is 1. The summed E-state index contributed by atoms with van der Waals surface area (Å²) >= 11 is 0. The van der Waals surface area contributed by atoms with Crippen LogP contribution in [-0.2, 0) is 6.42 Å². The number of nitrogens with one attached hydrogen (secondary N) is 2. The summed E-state index contributed by atoms with van der Waals surface area (Å²) in [5.41, 5.74) is 2.72. The van der Waals surface area contributed by atoms with Gasteiger partial charge in [0.05, 0.1) is 17.7 Å². The van der Waals surface area contributed by atoms with E-state index < -0.39 is 12.1 Å². The van der Waals surface area contributed by atoms with Crippen LogP contribution in [0.25, 0.3) is 0 Å². The van der Waals surface area contributed by atoms with E-state index in [-0.39, 0.29) is 5.91 Å². The highest BCUT2D eigenvalue weighted by Crippen LogP contribution is 2.31. The van der Waals surface area contributed by atoms with Crippen LogP contribution in [0.2, 0.25) is 0 Å².